The van der Waals surface area contributed by atoms with Crippen molar-refractivity contribution in [3.8, 4) is 6.01 Å². The fourth-order valence-corrected chi connectivity index (χ4v) is 1.97. The number of ether oxygens (including phenoxy) is 1. The van der Waals surface area contributed by atoms with Crippen molar-refractivity contribution >= 4 is 22.5 Å². The van der Waals surface area contributed by atoms with Crippen LogP contribution in [0.3, 0.4) is 0 Å². The molecule has 0 fully saturated rings. The molecule has 0 aliphatic heterocycles. The molecule has 6 heteroatoms. The zero-order valence-electron chi connectivity index (χ0n) is 12.0. The summed E-state index contributed by atoms with van der Waals surface area (Å²) < 4.78 is 5.15. The SMILES string of the molecule is CCOc1ncc(NC(=O)c2ccc3ccccc3n2)cn1. The average Bonchev–Trinajstić information content (AvgIpc) is 2.56. The van der Waals surface area contributed by atoms with Crippen molar-refractivity contribution < 1.29 is 9.53 Å². The Morgan fingerprint density at radius 1 is 1.14 bits per heavy atom. The lowest BCUT2D eigenvalue weighted by molar-refractivity contribution is 0.102. The van der Waals surface area contributed by atoms with Crippen LogP contribution >= 0.6 is 0 Å². The lowest BCUT2D eigenvalue weighted by Crippen LogP contribution is -2.14. The standard InChI is InChI=1S/C16H14N4O2/c1-2-22-16-17-9-12(10-18-16)19-15(21)14-8-7-11-5-3-4-6-13(11)20-14/h3-10H,2H2,1H3,(H,19,21). The third-order valence-corrected chi connectivity index (χ3v) is 2.99. The third kappa shape index (κ3) is 3.01. The first-order valence-electron chi connectivity index (χ1n) is 6.88. The molecule has 1 aromatic carbocycles. The first-order valence-corrected chi connectivity index (χ1v) is 6.88. The average molecular weight is 294 g/mol. The molecule has 2 heterocycles. The van der Waals surface area contributed by atoms with Crippen LogP contribution in [0, 0.1) is 0 Å². The predicted octanol–water partition coefficient (Wildman–Crippen LogP) is 2.68. The Bertz CT molecular complexity index is 803. The summed E-state index contributed by atoms with van der Waals surface area (Å²) in [5.41, 5.74) is 1.61. The van der Waals surface area contributed by atoms with Gasteiger partial charge in [0.2, 0.25) is 0 Å². The van der Waals surface area contributed by atoms with E-state index in [1.54, 1.807) is 6.07 Å². The summed E-state index contributed by atoms with van der Waals surface area (Å²) in [4.78, 5) is 24.5. The molecule has 0 unspecified atom stereocenters. The van der Waals surface area contributed by atoms with E-state index >= 15 is 0 Å². The highest BCUT2D eigenvalue weighted by molar-refractivity contribution is 6.03. The van der Waals surface area contributed by atoms with E-state index < -0.39 is 0 Å². The van der Waals surface area contributed by atoms with Crippen molar-refractivity contribution in [3.05, 3.63) is 54.5 Å². The number of rotatable bonds is 4. The highest BCUT2D eigenvalue weighted by Crippen LogP contribution is 2.13. The van der Waals surface area contributed by atoms with Gasteiger partial charge >= 0.3 is 6.01 Å². The summed E-state index contributed by atoms with van der Waals surface area (Å²) in [5.74, 6) is -0.307. The van der Waals surface area contributed by atoms with Crippen molar-refractivity contribution in [1.82, 2.24) is 15.0 Å². The van der Waals surface area contributed by atoms with Gasteiger partial charge in [-0.15, -0.1) is 0 Å². The van der Waals surface area contributed by atoms with Crippen LogP contribution in [0.1, 0.15) is 17.4 Å². The number of para-hydroxylation sites is 1. The third-order valence-electron chi connectivity index (χ3n) is 2.99. The van der Waals surface area contributed by atoms with Crippen LogP contribution in [0.5, 0.6) is 6.01 Å². The first-order chi connectivity index (χ1) is 10.8. The molecule has 1 N–H and O–H groups in total. The summed E-state index contributed by atoms with van der Waals surface area (Å²) in [6, 6.07) is 11.5. The van der Waals surface area contributed by atoms with Gasteiger partial charge in [0.15, 0.2) is 0 Å². The number of nitrogens with one attached hydrogen (secondary N) is 1. The smallest absolute Gasteiger partial charge is 0.316 e. The summed E-state index contributed by atoms with van der Waals surface area (Å²) in [6.45, 7) is 2.34. The molecule has 0 bridgehead atoms. The molecular weight excluding hydrogens is 280 g/mol. The Balaban J connectivity index is 1.77. The van der Waals surface area contributed by atoms with Gasteiger partial charge in [-0.2, -0.15) is 0 Å². The van der Waals surface area contributed by atoms with Gasteiger partial charge in [-0.1, -0.05) is 24.3 Å². The first kappa shape index (κ1) is 13.9. The maximum absolute atomic E-state index is 12.2. The van der Waals surface area contributed by atoms with Gasteiger partial charge in [0.05, 0.1) is 30.2 Å². The van der Waals surface area contributed by atoms with Gasteiger partial charge in [0.1, 0.15) is 5.69 Å². The molecule has 3 aromatic rings. The zero-order valence-corrected chi connectivity index (χ0v) is 12.0. The number of aromatic nitrogens is 3. The van der Waals surface area contributed by atoms with Crippen molar-refractivity contribution in [2.24, 2.45) is 0 Å². The molecule has 0 aliphatic rings. The highest BCUT2D eigenvalue weighted by Gasteiger charge is 2.09. The van der Waals surface area contributed by atoms with Gasteiger partial charge in [-0.3, -0.25) is 4.79 Å². The molecule has 6 nitrogen and oxygen atoms in total. The summed E-state index contributed by atoms with van der Waals surface area (Å²) in [7, 11) is 0. The van der Waals surface area contributed by atoms with E-state index in [1.807, 2.05) is 37.3 Å². The van der Waals surface area contributed by atoms with Crippen molar-refractivity contribution in [3.63, 3.8) is 0 Å². The second-order valence-electron chi connectivity index (χ2n) is 4.53. The molecular formula is C16H14N4O2. The minimum absolute atomic E-state index is 0.282. The number of hydrogen-bond acceptors (Lipinski definition) is 5. The Labute approximate surface area is 127 Å². The highest BCUT2D eigenvalue weighted by atomic mass is 16.5. The Kier molecular flexibility index (Phi) is 3.91. The van der Waals surface area contributed by atoms with Crippen LogP contribution in [0.25, 0.3) is 10.9 Å². The normalized spacial score (nSPS) is 10.4. The number of pyridine rings is 1. The number of benzene rings is 1. The molecule has 0 spiro atoms. The molecule has 0 radical (unpaired) electrons. The molecule has 0 saturated carbocycles. The predicted molar refractivity (Wildman–Crippen MR) is 82.9 cm³/mol. The Morgan fingerprint density at radius 2 is 1.91 bits per heavy atom. The number of hydrogen-bond donors (Lipinski definition) is 1. The number of nitrogens with zero attached hydrogens (tertiary/aromatic N) is 3. The van der Waals surface area contributed by atoms with Gasteiger partial charge in [0.25, 0.3) is 5.91 Å². The van der Waals surface area contributed by atoms with Crippen molar-refractivity contribution in [2.45, 2.75) is 6.92 Å². The number of fused-ring (bicyclic) bond motifs is 1. The fourth-order valence-electron chi connectivity index (χ4n) is 1.97. The molecule has 0 aliphatic carbocycles. The number of amides is 1. The van der Waals surface area contributed by atoms with Crippen LogP contribution in [-0.4, -0.2) is 27.5 Å². The van der Waals surface area contributed by atoms with E-state index in [9.17, 15) is 4.79 Å². The molecule has 2 aromatic heterocycles. The van der Waals surface area contributed by atoms with E-state index in [-0.39, 0.29) is 11.9 Å². The van der Waals surface area contributed by atoms with Gasteiger partial charge < -0.3 is 10.1 Å². The van der Waals surface area contributed by atoms with Crippen LogP contribution in [0.15, 0.2) is 48.8 Å². The molecule has 0 atom stereocenters. The second-order valence-corrected chi connectivity index (χ2v) is 4.53. The fraction of sp³-hybridized carbons (Fsp3) is 0.125. The van der Waals surface area contributed by atoms with E-state index in [4.69, 9.17) is 4.74 Å². The quantitative estimate of drug-likeness (QED) is 0.800. The Morgan fingerprint density at radius 3 is 2.68 bits per heavy atom. The van der Waals surface area contributed by atoms with Crippen LogP contribution in [0.2, 0.25) is 0 Å². The van der Waals surface area contributed by atoms with Crippen LogP contribution in [-0.2, 0) is 0 Å². The molecule has 110 valence electrons. The number of carbonyl (C=O) groups is 1. The van der Waals surface area contributed by atoms with E-state index in [2.05, 4.69) is 20.3 Å². The maximum atomic E-state index is 12.2. The monoisotopic (exact) mass is 294 g/mol. The van der Waals surface area contributed by atoms with Gasteiger partial charge in [0, 0.05) is 5.39 Å². The molecule has 0 saturated heterocycles. The summed E-state index contributed by atoms with van der Waals surface area (Å²) in [5, 5.41) is 3.70. The van der Waals surface area contributed by atoms with E-state index in [0.717, 1.165) is 10.9 Å². The van der Waals surface area contributed by atoms with Gasteiger partial charge in [-0.05, 0) is 19.1 Å². The summed E-state index contributed by atoms with van der Waals surface area (Å²) >= 11 is 0. The van der Waals surface area contributed by atoms with E-state index in [0.29, 0.717) is 18.0 Å². The van der Waals surface area contributed by atoms with Crippen molar-refractivity contribution in [1.29, 1.82) is 0 Å². The summed E-state index contributed by atoms with van der Waals surface area (Å²) in [6.07, 6.45) is 2.99. The lowest BCUT2D eigenvalue weighted by atomic mass is 10.2. The van der Waals surface area contributed by atoms with Crippen LogP contribution < -0.4 is 10.1 Å². The number of anilines is 1. The van der Waals surface area contributed by atoms with Crippen molar-refractivity contribution in [2.75, 3.05) is 11.9 Å². The Hall–Kier alpha value is -3.02. The maximum Gasteiger partial charge on any atom is 0.316 e. The lowest BCUT2D eigenvalue weighted by Gasteiger charge is -2.06. The minimum Gasteiger partial charge on any atom is -0.464 e. The zero-order chi connectivity index (χ0) is 15.4. The topological polar surface area (TPSA) is 77.0 Å². The number of carbonyl (C=O) groups excluding carboxylic acids is 1. The molecule has 3 rings (SSSR count). The van der Waals surface area contributed by atoms with Gasteiger partial charge in [-0.25, -0.2) is 15.0 Å². The second kappa shape index (κ2) is 6.17. The van der Waals surface area contributed by atoms with Crippen LogP contribution in [0.4, 0.5) is 5.69 Å². The minimum atomic E-state index is -0.307. The largest absolute Gasteiger partial charge is 0.464 e. The molecule has 22 heavy (non-hydrogen) atoms. The van der Waals surface area contributed by atoms with E-state index in [1.165, 1.54) is 12.4 Å². The molecule has 1 amide bonds.